The van der Waals surface area contributed by atoms with Crippen LogP contribution in [0.1, 0.15) is 23.7 Å². The number of sulfonamides is 1. The van der Waals surface area contributed by atoms with Crippen LogP contribution in [0.5, 0.6) is 0 Å². The van der Waals surface area contributed by atoms with Crippen molar-refractivity contribution in [3.05, 3.63) is 29.8 Å². The molecule has 21 heavy (non-hydrogen) atoms. The maximum absolute atomic E-state index is 12.5. The first-order valence-corrected chi connectivity index (χ1v) is 8.22. The van der Waals surface area contributed by atoms with E-state index in [-0.39, 0.29) is 10.8 Å². The summed E-state index contributed by atoms with van der Waals surface area (Å²) in [5.74, 6) is -0.247. The highest BCUT2D eigenvalue weighted by molar-refractivity contribution is 7.89. The largest absolute Gasteiger partial charge is 0.383 e. The predicted molar refractivity (Wildman–Crippen MR) is 80.8 cm³/mol. The molecule has 0 saturated heterocycles. The summed E-state index contributed by atoms with van der Waals surface area (Å²) in [6.45, 7) is 3.01. The lowest BCUT2D eigenvalue weighted by molar-refractivity contribution is 0.0963. The monoisotopic (exact) mass is 314 g/mol. The summed E-state index contributed by atoms with van der Waals surface area (Å²) in [6, 6.07) is 5.92. The Kier molecular flexibility index (Phi) is 6.80. The molecular weight excluding hydrogens is 292 g/mol. The number of nitrogens with zero attached hydrogens (tertiary/aromatic N) is 1. The van der Waals surface area contributed by atoms with Crippen molar-refractivity contribution in [1.29, 1.82) is 0 Å². The van der Waals surface area contributed by atoms with Crippen LogP contribution in [0.4, 0.5) is 0 Å². The van der Waals surface area contributed by atoms with Crippen LogP contribution >= 0.6 is 0 Å². The minimum Gasteiger partial charge on any atom is -0.383 e. The van der Waals surface area contributed by atoms with Crippen molar-refractivity contribution >= 4 is 15.9 Å². The summed E-state index contributed by atoms with van der Waals surface area (Å²) < 4.78 is 31.4. The van der Waals surface area contributed by atoms with Gasteiger partial charge in [0.1, 0.15) is 0 Å². The van der Waals surface area contributed by atoms with Crippen molar-refractivity contribution in [1.82, 2.24) is 9.62 Å². The van der Waals surface area contributed by atoms with Crippen molar-refractivity contribution in [3.63, 3.8) is 0 Å². The third-order valence-corrected chi connectivity index (χ3v) is 4.91. The molecule has 0 spiro atoms. The van der Waals surface area contributed by atoms with Gasteiger partial charge in [-0.2, -0.15) is 4.31 Å². The summed E-state index contributed by atoms with van der Waals surface area (Å²) in [6.07, 6.45) is 0.721. The van der Waals surface area contributed by atoms with E-state index in [0.717, 1.165) is 6.42 Å². The van der Waals surface area contributed by atoms with Crippen LogP contribution in [0, 0.1) is 0 Å². The highest BCUT2D eigenvalue weighted by atomic mass is 32.2. The second-order valence-electron chi connectivity index (χ2n) is 4.50. The topological polar surface area (TPSA) is 75.7 Å². The predicted octanol–water partition coefficient (Wildman–Crippen LogP) is 1.09. The van der Waals surface area contributed by atoms with Crippen LogP contribution in [-0.2, 0) is 14.8 Å². The van der Waals surface area contributed by atoms with E-state index in [9.17, 15) is 13.2 Å². The van der Waals surface area contributed by atoms with E-state index in [1.165, 1.54) is 42.7 Å². The minimum atomic E-state index is -3.56. The number of carbonyl (C=O) groups is 1. The highest BCUT2D eigenvalue weighted by Crippen LogP contribution is 2.16. The molecule has 1 aromatic rings. The molecule has 0 fully saturated rings. The van der Waals surface area contributed by atoms with Gasteiger partial charge in [-0.3, -0.25) is 4.79 Å². The average molecular weight is 314 g/mol. The Bertz CT molecular complexity index is 555. The molecule has 1 amide bonds. The molecule has 6 nitrogen and oxygen atoms in total. The Morgan fingerprint density at radius 1 is 1.24 bits per heavy atom. The number of ether oxygens (including phenoxy) is 1. The molecule has 118 valence electrons. The van der Waals surface area contributed by atoms with E-state index < -0.39 is 10.0 Å². The summed E-state index contributed by atoms with van der Waals surface area (Å²) in [7, 11) is -0.498. The SMILES string of the molecule is CCCN(CCOC)S(=O)(=O)c1ccc(C(=O)NC)cc1. The number of amides is 1. The lowest BCUT2D eigenvalue weighted by Gasteiger charge is -2.21. The van der Waals surface area contributed by atoms with Gasteiger partial charge >= 0.3 is 0 Å². The van der Waals surface area contributed by atoms with Gasteiger partial charge in [0.05, 0.1) is 11.5 Å². The third-order valence-electron chi connectivity index (χ3n) is 3.00. The van der Waals surface area contributed by atoms with Crippen LogP contribution < -0.4 is 5.32 Å². The van der Waals surface area contributed by atoms with Gasteiger partial charge in [0.2, 0.25) is 10.0 Å². The second-order valence-corrected chi connectivity index (χ2v) is 6.44. The van der Waals surface area contributed by atoms with E-state index in [4.69, 9.17) is 4.74 Å². The Hall–Kier alpha value is -1.44. The Labute approximate surface area is 126 Å². The molecule has 0 atom stereocenters. The molecule has 0 saturated carbocycles. The standard InChI is InChI=1S/C14H22N2O4S/c1-4-9-16(10-11-20-3)21(18,19)13-7-5-12(6-8-13)14(17)15-2/h5-8H,4,9-11H2,1-3H3,(H,15,17). The molecule has 0 aliphatic rings. The van der Waals surface area contributed by atoms with Crippen LogP contribution in [0.2, 0.25) is 0 Å². The number of hydrogen-bond acceptors (Lipinski definition) is 4. The fraction of sp³-hybridized carbons (Fsp3) is 0.500. The Balaban J connectivity index is 3.01. The lowest BCUT2D eigenvalue weighted by atomic mass is 10.2. The first-order valence-electron chi connectivity index (χ1n) is 6.78. The first kappa shape index (κ1) is 17.6. The Morgan fingerprint density at radius 3 is 2.33 bits per heavy atom. The average Bonchev–Trinajstić information content (AvgIpc) is 2.50. The van der Waals surface area contributed by atoms with Crippen LogP contribution in [0.3, 0.4) is 0 Å². The van der Waals surface area contributed by atoms with Crippen molar-refractivity contribution in [2.75, 3.05) is 33.9 Å². The van der Waals surface area contributed by atoms with Crippen LogP contribution in [-0.4, -0.2) is 52.5 Å². The molecule has 0 radical (unpaired) electrons. The van der Waals surface area contributed by atoms with Gasteiger partial charge in [0.25, 0.3) is 5.91 Å². The van der Waals surface area contributed by atoms with Crippen molar-refractivity contribution in [3.8, 4) is 0 Å². The lowest BCUT2D eigenvalue weighted by Crippen LogP contribution is -2.34. The number of nitrogens with one attached hydrogen (secondary N) is 1. The molecule has 0 bridgehead atoms. The summed E-state index contributed by atoms with van der Waals surface area (Å²) in [5, 5.41) is 2.50. The van der Waals surface area contributed by atoms with E-state index >= 15 is 0 Å². The fourth-order valence-electron chi connectivity index (χ4n) is 1.87. The molecule has 0 aliphatic heterocycles. The van der Waals surface area contributed by atoms with Crippen molar-refractivity contribution in [2.24, 2.45) is 0 Å². The number of rotatable bonds is 8. The van der Waals surface area contributed by atoms with Gasteiger partial charge in [-0.1, -0.05) is 6.92 Å². The van der Waals surface area contributed by atoms with Crippen molar-refractivity contribution < 1.29 is 17.9 Å². The maximum Gasteiger partial charge on any atom is 0.251 e. The smallest absolute Gasteiger partial charge is 0.251 e. The summed E-state index contributed by atoms with van der Waals surface area (Å²) in [5.41, 5.74) is 0.426. The van der Waals surface area contributed by atoms with Crippen LogP contribution in [0.25, 0.3) is 0 Å². The Morgan fingerprint density at radius 2 is 1.86 bits per heavy atom. The fourth-order valence-corrected chi connectivity index (χ4v) is 3.38. The molecule has 1 aromatic carbocycles. The molecule has 7 heteroatoms. The maximum atomic E-state index is 12.5. The van der Waals surface area contributed by atoms with Gasteiger partial charge < -0.3 is 10.1 Å². The normalized spacial score (nSPS) is 11.6. The van der Waals surface area contributed by atoms with Gasteiger partial charge in [-0.05, 0) is 30.7 Å². The zero-order valence-corrected chi connectivity index (χ0v) is 13.4. The van der Waals surface area contributed by atoms with Crippen LogP contribution in [0.15, 0.2) is 29.2 Å². The number of carbonyl (C=O) groups excluding carboxylic acids is 1. The summed E-state index contributed by atoms with van der Waals surface area (Å²) in [4.78, 5) is 11.6. The molecular formula is C14H22N2O4S. The number of hydrogen-bond donors (Lipinski definition) is 1. The number of methoxy groups -OCH3 is 1. The van der Waals surface area contributed by atoms with E-state index in [1.807, 2.05) is 6.92 Å². The van der Waals surface area contributed by atoms with E-state index in [2.05, 4.69) is 5.32 Å². The molecule has 1 rings (SSSR count). The molecule has 0 heterocycles. The first-order chi connectivity index (χ1) is 9.97. The van der Waals surface area contributed by atoms with Gasteiger partial charge in [-0.25, -0.2) is 8.42 Å². The zero-order chi connectivity index (χ0) is 15.9. The van der Waals surface area contributed by atoms with E-state index in [0.29, 0.717) is 25.3 Å². The second kappa shape index (κ2) is 8.11. The molecule has 1 N–H and O–H groups in total. The minimum absolute atomic E-state index is 0.180. The van der Waals surface area contributed by atoms with Gasteiger partial charge in [0.15, 0.2) is 0 Å². The third kappa shape index (κ3) is 4.52. The highest BCUT2D eigenvalue weighted by Gasteiger charge is 2.23. The van der Waals surface area contributed by atoms with Gasteiger partial charge in [0, 0.05) is 32.8 Å². The van der Waals surface area contributed by atoms with Crippen molar-refractivity contribution in [2.45, 2.75) is 18.2 Å². The summed E-state index contributed by atoms with van der Waals surface area (Å²) >= 11 is 0. The number of benzene rings is 1. The molecule has 0 unspecified atom stereocenters. The van der Waals surface area contributed by atoms with Gasteiger partial charge in [-0.15, -0.1) is 0 Å². The molecule has 0 aromatic heterocycles. The van der Waals surface area contributed by atoms with E-state index in [1.54, 1.807) is 0 Å². The zero-order valence-electron chi connectivity index (χ0n) is 12.6. The quantitative estimate of drug-likeness (QED) is 0.779. The molecule has 0 aliphatic carbocycles.